The molecule has 0 amide bonds. The van der Waals surface area contributed by atoms with E-state index in [4.69, 9.17) is 4.74 Å². The number of rotatable bonds is 3. The topological polar surface area (TPSA) is 18.3 Å². The molecule has 3 heteroatoms. The van der Waals surface area contributed by atoms with Crippen LogP contribution < -0.4 is 9.14 Å². The summed E-state index contributed by atoms with van der Waals surface area (Å²) in [6.45, 7) is 4.29. The van der Waals surface area contributed by atoms with E-state index in [-0.39, 0.29) is 0 Å². The van der Waals surface area contributed by atoms with Crippen LogP contribution in [-0.2, 0) is 0 Å². The van der Waals surface area contributed by atoms with Gasteiger partial charge in [-0.15, -0.1) is 0 Å². The van der Waals surface area contributed by atoms with E-state index >= 15 is 0 Å². The van der Waals surface area contributed by atoms with Crippen LogP contribution in [0, 0.1) is 13.8 Å². The van der Waals surface area contributed by atoms with Crippen LogP contribution in [0.5, 0.6) is 5.75 Å². The van der Waals surface area contributed by atoms with Gasteiger partial charge >= 0.3 is 0 Å². The molecule has 4 aromatic rings. The molecule has 0 saturated heterocycles. The Hall–Kier alpha value is -3.07. The van der Waals surface area contributed by atoms with E-state index in [0.29, 0.717) is 0 Å². The van der Waals surface area contributed by atoms with Crippen LogP contribution in [0.25, 0.3) is 22.6 Å². The van der Waals surface area contributed by atoms with Crippen molar-refractivity contribution < 1.29 is 9.14 Å². The monoisotopic (exact) mass is 329 g/mol. The Morgan fingerprint density at radius 2 is 1.72 bits per heavy atom. The number of benzene rings is 2. The Morgan fingerprint density at radius 1 is 0.920 bits per heavy atom. The number of imidazole rings is 1. The van der Waals surface area contributed by atoms with E-state index in [9.17, 15) is 0 Å². The van der Waals surface area contributed by atoms with E-state index in [1.54, 1.807) is 7.11 Å². The van der Waals surface area contributed by atoms with E-state index in [1.165, 1.54) is 16.8 Å². The maximum Gasteiger partial charge on any atom is 0.291 e. The third-order valence-electron chi connectivity index (χ3n) is 4.58. The highest BCUT2D eigenvalue weighted by atomic mass is 16.5. The number of hydrogen-bond donors (Lipinski definition) is 0. The summed E-state index contributed by atoms with van der Waals surface area (Å²) in [7, 11) is 1.69. The molecule has 0 atom stereocenters. The summed E-state index contributed by atoms with van der Waals surface area (Å²) in [5, 5.41) is 0. The van der Waals surface area contributed by atoms with Gasteiger partial charge in [0.05, 0.1) is 13.3 Å². The van der Waals surface area contributed by atoms with Crippen LogP contribution in [0.2, 0.25) is 0 Å². The first-order chi connectivity index (χ1) is 12.2. The normalized spacial score (nSPS) is 11.0. The van der Waals surface area contributed by atoms with Gasteiger partial charge in [-0.2, -0.15) is 4.57 Å². The van der Waals surface area contributed by atoms with E-state index in [1.807, 2.05) is 12.1 Å². The van der Waals surface area contributed by atoms with Crippen molar-refractivity contribution in [2.75, 3.05) is 7.11 Å². The van der Waals surface area contributed by atoms with Gasteiger partial charge in [-0.25, -0.2) is 4.40 Å². The van der Waals surface area contributed by atoms with Crippen LogP contribution in [0.15, 0.2) is 73.1 Å². The molecule has 0 fully saturated rings. The Bertz CT molecular complexity index is 1050. The molecule has 0 spiro atoms. The minimum atomic E-state index is 0.866. The zero-order valence-corrected chi connectivity index (χ0v) is 14.7. The van der Waals surface area contributed by atoms with Crippen LogP contribution in [-0.4, -0.2) is 11.7 Å². The minimum absolute atomic E-state index is 0.866. The van der Waals surface area contributed by atoms with Gasteiger partial charge in [-0.1, -0.05) is 23.8 Å². The Balaban J connectivity index is 2.00. The quantitative estimate of drug-likeness (QED) is 0.506. The van der Waals surface area contributed by atoms with Gasteiger partial charge in [0.25, 0.3) is 5.65 Å². The number of methoxy groups -OCH3 is 1. The lowest BCUT2D eigenvalue weighted by atomic mass is 10.1. The summed E-state index contributed by atoms with van der Waals surface area (Å²) in [5.41, 5.74) is 7.18. The molecule has 0 radical (unpaired) electrons. The van der Waals surface area contributed by atoms with Crippen LogP contribution in [0.1, 0.15) is 11.1 Å². The average molecular weight is 329 g/mol. The highest BCUT2D eigenvalue weighted by molar-refractivity contribution is 5.67. The van der Waals surface area contributed by atoms with Crippen molar-refractivity contribution in [3.05, 3.63) is 84.2 Å². The fourth-order valence-electron chi connectivity index (χ4n) is 3.33. The fraction of sp³-hybridized carbons (Fsp3) is 0.136. The van der Waals surface area contributed by atoms with Gasteiger partial charge in [-0.3, -0.25) is 0 Å². The van der Waals surface area contributed by atoms with Crippen molar-refractivity contribution in [1.82, 2.24) is 4.57 Å². The van der Waals surface area contributed by atoms with Gasteiger partial charge in [0.15, 0.2) is 5.69 Å². The van der Waals surface area contributed by atoms with Gasteiger partial charge < -0.3 is 4.74 Å². The number of aryl methyl sites for hydroxylation is 2. The third kappa shape index (κ3) is 2.68. The molecule has 3 nitrogen and oxygen atoms in total. The summed E-state index contributed by atoms with van der Waals surface area (Å²) in [4.78, 5) is 0. The molecule has 0 aliphatic heterocycles. The Labute approximate surface area is 147 Å². The molecular formula is C22H21N2O+. The highest BCUT2D eigenvalue weighted by Gasteiger charge is 2.22. The standard InChI is InChI=1S/C22H21N2O/c1-16-7-12-20(17(2)14-16)24-21(15-23-13-5-4-6-22(23)24)18-8-10-19(25-3)11-9-18/h4-15H,1-3H3/q+1. The lowest BCUT2D eigenvalue weighted by Gasteiger charge is -2.07. The molecule has 0 aliphatic rings. The molecule has 0 aliphatic carbocycles. The van der Waals surface area contributed by atoms with Crippen LogP contribution >= 0.6 is 0 Å². The molecule has 2 heterocycles. The summed E-state index contributed by atoms with van der Waals surface area (Å²) >= 11 is 0. The molecule has 4 rings (SSSR count). The number of pyridine rings is 1. The van der Waals surface area contributed by atoms with Gasteiger partial charge in [0.2, 0.25) is 0 Å². The number of fused-ring (bicyclic) bond motifs is 1. The van der Waals surface area contributed by atoms with Crippen molar-refractivity contribution in [3.8, 4) is 22.7 Å². The second-order valence-electron chi connectivity index (χ2n) is 6.33. The first kappa shape index (κ1) is 15.5. The van der Waals surface area contributed by atoms with E-state index < -0.39 is 0 Å². The predicted molar refractivity (Wildman–Crippen MR) is 100 cm³/mol. The first-order valence-electron chi connectivity index (χ1n) is 8.41. The smallest absolute Gasteiger partial charge is 0.291 e. The largest absolute Gasteiger partial charge is 0.497 e. The van der Waals surface area contributed by atoms with Crippen molar-refractivity contribution in [3.63, 3.8) is 0 Å². The predicted octanol–water partition coefficient (Wildman–Crippen LogP) is 4.51. The number of ether oxygens (including phenoxy) is 1. The highest BCUT2D eigenvalue weighted by Crippen LogP contribution is 2.28. The average Bonchev–Trinajstić information content (AvgIpc) is 3.01. The molecular weight excluding hydrogens is 308 g/mol. The molecule has 0 N–H and O–H groups in total. The molecule has 2 aromatic heterocycles. The van der Waals surface area contributed by atoms with Crippen molar-refractivity contribution in [1.29, 1.82) is 0 Å². The van der Waals surface area contributed by atoms with E-state index in [2.05, 4.69) is 83.7 Å². The van der Waals surface area contributed by atoms with Crippen LogP contribution in [0.4, 0.5) is 0 Å². The lowest BCUT2D eigenvalue weighted by Crippen LogP contribution is -2.17. The summed E-state index contributed by atoms with van der Waals surface area (Å²) < 4.78 is 9.78. The van der Waals surface area contributed by atoms with Crippen molar-refractivity contribution >= 4 is 5.65 Å². The number of nitrogens with zero attached hydrogens (tertiary/aromatic N) is 2. The summed E-state index contributed by atoms with van der Waals surface area (Å²) in [6, 6.07) is 21.1. The fourth-order valence-corrected chi connectivity index (χ4v) is 3.33. The van der Waals surface area contributed by atoms with Crippen LogP contribution in [0.3, 0.4) is 0 Å². The molecule has 0 saturated carbocycles. The van der Waals surface area contributed by atoms with Gasteiger partial charge in [-0.05, 0) is 55.8 Å². The number of aromatic nitrogens is 2. The zero-order valence-electron chi connectivity index (χ0n) is 14.7. The molecule has 0 unspecified atom stereocenters. The second-order valence-corrected chi connectivity index (χ2v) is 6.33. The maximum absolute atomic E-state index is 5.30. The van der Waals surface area contributed by atoms with E-state index in [0.717, 1.165) is 22.7 Å². The lowest BCUT2D eigenvalue weighted by molar-refractivity contribution is -0.510. The molecule has 0 bridgehead atoms. The first-order valence-corrected chi connectivity index (χ1v) is 8.41. The zero-order chi connectivity index (χ0) is 17.4. The SMILES string of the molecule is COc1ccc(-c2c[n+]3ccccc3n2-c2ccc(C)cc2C)cc1. The Kier molecular flexibility index (Phi) is 3.77. The van der Waals surface area contributed by atoms with Gasteiger partial charge in [0, 0.05) is 11.6 Å². The second kappa shape index (κ2) is 6.10. The molecule has 124 valence electrons. The Morgan fingerprint density at radius 3 is 2.44 bits per heavy atom. The summed E-state index contributed by atoms with van der Waals surface area (Å²) in [6.07, 6.45) is 4.26. The van der Waals surface area contributed by atoms with Gasteiger partial charge in [0.1, 0.15) is 17.6 Å². The third-order valence-corrected chi connectivity index (χ3v) is 4.58. The van der Waals surface area contributed by atoms with Crippen molar-refractivity contribution in [2.24, 2.45) is 0 Å². The minimum Gasteiger partial charge on any atom is -0.497 e. The molecule has 25 heavy (non-hydrogen) atoms. The number of hydrogen-bond acceptors (Lipinski definition) is 1. The summed E-state index contributed by atoms with van der Waals surface area (Å²) in [5.74, 6) is 0.866. The maximum atomic E-state index is 5.30. The van der Waals surface area contributed by atoms with Crippen molar-refractivity contribution in [2.45, 2.75) is 13.8 Å². The molecule has 2 aromatic carbocycles.